The lowest BCUT2D eigenvalue weighted by atomic mass is 9.84. The molecule has 2 aromatic carbocycles. The predicted octanol–water partition coefficient (Wildman–Crippen LogP) is 3.98. The number of carbonyl (C=O) groups excluding carboxylic acids is 1. The molecule has 3 aromatic rings. The molecule has 0 bridgehead atoms. The second-order valence-corrected chi connectivity index (χ2v) is 8.40. The highest BCUT2D eigenvalue weighted by atomic mass is 16.5. The van der Waals surface area contributed by atoms with Crippen LogP contribution in [0.2, 0.25) is 0 Å². The van der Waals surface area contributed by atoms with Gasteiger partial charge in [-0.1, -0.05) is 36.4 Å². The predicted molar refractivity (Wildman–Crippen MR) is 121 cm³/mol. The zero-order chi connectivity index (χ0) is 21.0. The van der Waals surface area contributed by atoms with Crippen molar-refractivity contribution in [2.75, 3.05) is 26.8 Å². The van der Waals surface area contributed by atoms with Crippen LogP contribution in [0.4, 0.5) is 0 Å². The van der Waals surface area contributed by atoms with Crippen LogP contribution in [-0.2, 0) is 18.3 Å². The Hall–Kier alpha value is -2.63. The molecule has 0 aliphatic carbocycles. The topological polar surface area (TPSA) is 46.5 Å². The molecule has 1 aromatic heterocycles. The Bertz CT molecular complexity index is 988. The molecule has 0 unspecified atom stereocenters. The van der Waals surface area contributed by atoms with E-state index in [9.17, 15) is 4.79 Å². The Balaban J connectivity index is 1.44. The number of aromatic nitrogens is 1. The standard InChI is InChI=1S/C25H31N3O2/c1-27-18-21(22-10-6-7-11-23(22)27)19-28-15-12-25(13-16-28,14-17-30-2)26-24(29)20-8-4-3-5-9-20/h3-11,18H,12-17,19H2,1-2H3,(H,26,29). The molecule has 0 radical (unpaired) electrons. The van der Waals surface area contributed by atoms with Gasteiger partial charge in [0, 0.05) is 68.6 Å². The summed E-state index contributed by atoms with van der Waals surface area (Å²) >= 11 is 0. The van der Waals surface area contributed by atoms with E-state index in [0.717, 1.165) is 38.9 Å². The van der Waals surface area contributed by atoms with Crippen LogP contribution in [-0.4, -0.2) is 47.7 Å². The van der Waals surface area contributed by atoms with Gasteiger partial charge in [-0.25, -0.2) is 0 Å². The van der Waals surface area contributed by atoms with E-state index in [4.69, 9.17) is 4.74 Å². The molecule has 30 heavy (non-hydrogen) atoms. The Morgan fingerprint density at radius 1 is 1.07 bits per heavy atom. The second kappa shape index (κ2) is 9.02. The Kier molecular flexibility index (Phi) is 6.21. The van der Waals surface area contributed by atoms with Crippen LogP contribution in [0.1, 0.15) is 35.2 Å². The van der Waals surface area contributed by atoms with Crippen molar-refractivity contribution >= 4 is 16.8 Å². The first kappa shape index (κ1) is 20.6. The molecule has 0 saturated carbocycles. The molecular formula is C25H31N3O2. The molecule has 2 heterocycles. The highest BCUT2D eigenvalue weighted by Crippen LogP contribution is 2.29. The van der Waals surface area contributed by atoms with Crippen molar-refractivity contribution < 1.29 is 9.53 Å². The number of carbonyl (C=O) groups is 1. The van der Waals surface area contributed by atoms with Gasteiger partial charge in [-0.3, -0.25) is 9.69 Å². The van der Waals surface area contributed by atoms with Crippen molar-refractivity contribution in [1.29, 1.82) is 0 Å². The first-order chi connectivity index (χ1) is 14.6. The number of hydrogen-bond donors (Lipinski definition) is 1. The van der Waals surface area contributed by atoms with Gasteiger partial charge in [-0.2, -0.15) is 0 Å². The third-order valence-corrected chi connectivity index (χ3v) is 6.39. The van der Waals surface area contributed by atoms with Crippen LogP contribution < -0.4 is 5.32 Å². The maximum Gasteiger partial charge on any atom is 0.251 e. The van der Waals surface area contributed by atoms with Gasteiger partial charge >= 0.3 is 0 Å². The van der Waals surface area contributed by atoms with Crippen molar-refractivity contribution in [2.45, 2.75) is 31.3 Å². The Morgan fingerprint density at radius 3 is 2.50 bits per heavy atom. The monoisotopic (exact) mass is 405 g/mol. The summed E-state index contributed by atoms with van der Waals surface area (Å²) in [4.78, 5) is 15.3. The number of rotatable bonds is 7. The van der Waals surface area contributed by atoms with Crippen molar-refractivity contribution in [3.05, 3.63) is 71.9 Å². The average Bonchev–Trinajstić information content (AvgIpc) is 3.10. The minimum Gasteiger partial charge on any atom is -0.385 e. The summed E-state index contributed by atoms with van der Waals surface area (Å²) in [5.41, 5.74) is 3.14. The fourth-order valence-corrected chi connectivity index (χ4v) is 4.57. The first-order valence-electron chi connectivity index (χ1n) is 10.7. The van der Waals surface area contributed by atoms with E-state index in [2.05, 4.69) is 52.3 Å². The van der Waals surface area contributed by atoms with E-state index in [-0.39, 0.29) is 11.4 Å². The maximum atomic E-state index is 12.8. The smallest absolute Gasteiger partial charge is 0.251 e. The number of amides is 1. The molecule has 158 valence electrons. The number of likely N-dealkylation sites (tertiary alicyclic amines) is 1. The van der Waals surface area contributed by atoms with Crippen LogP contribution in [0.15, 0.2) is 60.8 Å². The molecule has 1 N–H and O–H groups in total. The number of para-hydroxylation sites is 1. The minimum atomic E-state index is -0.210. The number of aryl methyl sites for hydroxylation is 1. The van der Waals surface area contributed by atoms with Gasteiger partial charge in [0.1, 0.15) is 0 Å². The summed E-state index contributed by atoms with van der Waals surface area (Å²) < 4.78 is 7.57. The summed E-state index contributed by atoms with van der Waals surface area (Å²) in [6, 6.07) is 18.1. The summed E-state index contributed by atoms with van der Waals surface area (Å²) in [7, 11) is 3.83. The lowest BCUT2D eigenvalue weighted by molar-refractivity contribution is 0.0691. The molecule has 5 nitrogen and oxygen atoms in total. The van der Waals surface area contributed by atoms with Crippen molar-refractivity contribution in [2.24, 2.45) is 7.05 Å². The molecule has 5 heteroatoms. The number of methoxy groups -OCH3 is 1. The van der Waals surface area contributed by atoms with E-state index >= 15 is 0 Å². The fraction of sp³-hybridized carbons (Fsp3) is 0.400. The zero-order valence-electron chi connectivity index (χ0n) is 17.9. The molecule has 4 rings (SSSR count). The van der Waals surface area contributed by atoms with E-state index in [1.165, 1.54) is 16.5 Å². The molecule has 1 aliphatic rings. The lowest BCUT2D eigenvalue weighted by Gasteiger charge is -2.42. The van der Waals surface area contributed by atoms with Gasteiger partial charge in [0.15, 0.2) is 0 Å². The zero-order valence-corrected chi connectivity index (χ0v) is 17.9. The van der Waals surface area contributed by atoms with Crippen molar-refractivity contribution in [1.82, 2.24) is 14.8 Å². The van der Waals surface area contributed by atoms with Crippen LogP contribution in [0.5, 0.6) is 0 Å². The number of fused-ring (bicyclic) bond motifs is 1. The molecule has 0 atom stereocenters. The van der Waals surface area contributed by atoms with Crippen LogP contribution in [0, 0.1) is 0 Å². The second-order valence-electron chi connectivity index (χ2n) is 8.40. The van der Waals surface area contributed by atoms with Gasteiger partial charge in [-0.05, 0) is 43.0 Å². The van der Waals surface area contributed by atoms with E-state index < -0.39 is 0 Å². The molecule has 0 spiro atoms. The molecule has 1 fully saturated rings. The van der Waals surface area contributed by atoms with Gasteiger partial charge in [0.2, 0.25) is 0 Å². The van der Waals surface area contributed by atoms with Crippen LogP contribution in [0.25, 0.3) is 10.9 Å². The van der Waals surface area contributed by atoms with E-state index in [0.29, 0.717) is 12.2 Å². The van der Waals surface area contributed by atoms with Crippen LogP contribution >= 0.6 is 0 Å². The number of benzene rings is 2. The van der Waals surface area contributed by atoms with E-state index in [1.54, 1.807) is 7.11 Å². The quantitative estimate of drug-likeness (QED) is 0.647. The average molecular weight is 406 g/mol. The highest BCUT2D eigenvalue weighted by Gasteiger charge is 2.36. The summed E-state index contributed by atoms with van der Waals surface area (Å²) in [6.07, 6.45) is 4.94. The number of nitrogens with zero attached hydrogens (tertiary/aromatic N) is 2. The van der Waals surface area contributed by atoms with Crippen molar-refractivity contribution in [3.8, 4) is 0 Å². The van der Waals surface area contributed by atoms with Crippen molar-refractivity contribution in [3.63, 3.8) is 0 Å². The molecule has 1 saturated heterocycles. The van der Waals surface area contributed by atoms with Gasteiger partial charge in [0.05, 0.1) is 0 Å². The van der Waals surface area contributed by atoms with Gasteiger partial charge in [0.25, 0.3) is 5.91 Å². The SMILES string of the molecule is COCCC1(NC(=O)c2ccccc2)CCN(Cc2cn(C)c3ccccc23)CC1. The Labute approximate surface area is 178 Å². The molecule has 1 aliphatic heterocycles. The number of ether oxygens (including phenoxy) is 1. The summed E-state index contributed by atoms with van der Waals surface area (Å²) in [5.74, 6) is 0.00852. The third-order valence-electron chi connectivity index (χ3n) is 6.39. The number of nitrogens with one attached hydrogen (secondary N) is 1. The molecule has 1 amide bonds. The third kappa shape index (κ3) is 4.42. The van der Waals surface area contributed by atoms with Gasteiger partial charge in [-0.15, -0.1) is 0 Å². The summed E-state index contributed by atoms with van der Waals surface area (Å²) in [5, 5.41) is 4.68. The Morgan fingerprint density at radius 2 is 1.77 bits per heavy atom. The van der Waals surface area contributed by atoms with E-state index in [1.807, 2.05) is 30.3 Å². The normalized spacial score (nSPS) is 16.6. The highest BCUT2D eigenvalue weighted by molar-refractivity contribution is 5.94. The largest absolute Gasteiger partial charge is 0.385 e. The fourth-order valence-electron chi connectivity index (χ4n) is 4.57. The minimum absolute atomic E-state index is 0.00852. The van der Waals surface area contributed by atoms with Crippen LogP contribution in [0.3, 0.4) is 0 Å². The first-order valence-corrected chi connectivity index (χ1v) is 10.7. The number of piperidine rings is 1. The molecular weight excluding hydrogens is 374 g/mol. The summed E-state index contributed by atoms with van der Waals surface area (Å²) in [6.45, 7) is 3.51. The van der Waals surface area contributed by atoms with Gasteiger partial charge < -0.3 is 14.6 Å². The lowest BCUT2D eigenvalue weighted by Crippen LogP contribution is -2.55. The maximum absolute atomic E-state index is 12.8. The number of hydrogen-bond acceptors (Lipinski definition) is 3.